The first-order valence-corrected chi connectivity index (χ1v) is 13.3. The van der Waals surface area contributed by atoms with Gasteiger partial charge in [0.1, 0.15) is 0 Å². The molecule has 12 heteroatoms. The van der Waals surface area contributed by atoms with Crippen molar-refractivity contribution in [3.05, 3.63) is 54.7 Å². The molecule has 1 saturated heterocycles. The number of amides is 1. The Balaban J connectivity index is 1.73. The van der Waals surface area contributed by atoms with Crippen LogP contribution < -0.4 is 21.1 Å². The molecule has 35 heavy (non-hydrogen) atoms. The number of hydrogen-bond acceptors (Lipinski definition) is 9. The van der Waals surface area contributed by atoms with Gasteiger partial charge in [0, 0.05) is 48.5 Å². The number of aromatic nitrogens is 2. The number of nitrogens with one attached hydrogen (secondary N) is 1. The topological polar surface area (TPSA) is 148 Å². The first-order chi connectivity index (χ1) is 16.7. The second kappa shape index (κ2) is 10.7. The fourth-order valence-electron chi connectivity index (χ4n) is 3.60. The third-order valence-corrected chi connectivity index (χ3v) is 7.41. The summed E-state index contributed by atoms with van der Waals surface area (Å²) in [6.07, 6.45) is 1.75. The maximum atomic E-state index is 12.0. The molecule has 0 radical (unpaired) electrons. The molecule has 3 aromatic rings. The van der Waals surface area contributed by atoms with Gasteiger partial charge in [-0.1, -0.05) is 30.0 Å². The van der Waals surface area contributed by atoms with E-state index in [1.165, 1.54) is 23.9 Å². The molecule has 1 aromatic heterocycles. The van der Waals surface area contributed by atoms with Gasteiger partial charge in [0.25, 0.3) is 0 Å². The van der Waals surface area contributed by atoms with Gasteiger partial charge in [-0.2, -0.15) is 0 Å². The summed E-state index contributed by atoms with van der Waals surface area (Å²) in [7, 11) is -1.80. The smallest absolute Gasteiger partial charge is 0.238 e. The Morgan fingerprint density at radius 2 is 1.86 bits per heavy atom. The van der Waals surface area contributed by atoms with E-state index in [-0.39, 0.29) is 17.3 Å². The minimum Gasteiger partial charge on any atom is -0.338 e. The summed E-state index contributed by atoms with van der Waals surface area (Å²) in [5.74, 6) is 0.301. The number of nitrogens with two attached hydrogens (primary N) is 2. The lowest BCUT2D eigenvalue weighted by Crippen LogP contribution is -2.45. The summed E-state index contributed by atoms with van der Waals surface area (Å²) in [4.78, 5) is 27.1. The number of primary sulfonamides is 1. The second-order valence-corrected chi connectivity index (χ2v) is 10.8. The highest BCUT2D eigenvalue weighted by atomic mass is 32.2. The summed E-state index contributed by atoms with van der Waals surface area (Å²) >= 11 is 1.41. The Kier molecular flexibility index (Phi) is 7.67. The monoisotopic (exact) mass is 513 g/mol. The zero-order valence-corrected chi connectivity index (χ0v) is 20.8. The normalized spacial score (nSPS) is 14.7. The number of rotatable bonds is 7. The quantitative estimate of drug-likeness (QED) is 0.428. The van der Waals surface area contributed by atoms with Gasteiger partial charge < -0.3 is 20.9 Å². The van der Waals surface area contributed by atoms with Crippen molar-refractivity contribution in [3.8, 4) is 11.3 Å². The Bertz CT molecular complexity index is 1330. The molecule has 4 rings (SSSR count). The lowest BCUT2D eigenvalue weighted by molar-refractivity contribution is -0.114. The lowest BCUT2D eigenvalue weighted by atomic mass is 10.1. The van der Waals surface area contributed by atoms with E-state index in [1.54, 1.807) is 24.4 Å². The Hall–Kier alpha value is -3.03. The molecule has 0 bridgehead atoms. The van der Waals surface area contributed by atoms with Crippen molar-refractivity contribution in [2.45, 2.75) is 14.7 Å². The van der Waals surface area contributed by atoms with Gasteiger partial charge in [-0.25, -0.2) is 23.5 Å². The van der Waals surface area contributed by atoms with Crippen molar-refractivity contribution in [1.29, 1.82) is 0 Å². The van der Waals surface area contributed by atoms with Crippen molar-refractivity contribution in [2.75, 3.05) is 50.0 Å². The minimum absolute atomic E-state index is 0.0113. The minimum atomic E-state index is -3.88. The van der Waals surface area contributed by atoms with E-state index in [0.717, 1.165) is 36.0 Å². The zero-order chi connectivity index (χ0) is 25.0. The molecule has 2 heterocycles. The van der Waals surface area contributed by atoms with Crippen molar-refractivity contribution in [1.82, 2.24) is 14.9 Å². The lowest BCUT2D eigenvalue weighted by Gasteiger charge is -2.32. The van der Waals surface area contributed by atoms with Gasteiger partial charge >= 0.3 is 0 Å². The number of carbonyl (C=O) groups is 1. The average molecular weight is 514 g/mol. The van der Waals surface area contributed by atoms with E-state index in [0.29, 0.717) is 22.9 Å². The van der Waals surface area contributed by atoms with E-state index in [1.807, 2.05) is 18.2 Å². The predicted molar refractivity (Wildman–Crippen MR) is 137 cm³/mol. The number of likely N-dealkylation sites (N-methyl/N-ethyl adjacent to an activating group) is 1. The van der Waals surface area contributed by atoms with E-state index in [2.05, 4.69) is 27.1 Å². The van der Waals surface area contributed by atoms with Crippen molar-refractivity contribution in [2.24, 2.45) is 10.9 Å². The predicted octanol–water partition coefficient (Wildman–Crippen LogP) is 1.59. The van der Waals surface area contributed by atoms with Crippen LogP contribution in [0.5, 0.6) is 0 Å². The Labute approximate surface area is 208 Å². The van der Waals surface area contributed by atoms with Crippen LogP contribution in [0.15, 0.2) is 69.4 Å². The number of anilines is 2. The number of benzene rings is 2. The molecular weight excluding hydrogens is 486 g/mol. The first kappa shape index (κ1) is 25.1. The second-order valence-electron chi connectivity index (χ2n) is 8.13. The van der Waals surface area contributed by atoms with Crippen molar-refractivity contribution < 1.29 is 13.2 Å². The van der Waals surface area contributed by atoms with Crippen molar-refractivity contribution in [3.63, 3.8) is 0 Å². The number of carbonyl (C=O) groups excluding carboxylic acids is 1. The average Bonchev–Trinajstić information content (AvgIpc) is 2.84. The molecule has 1 fully saturated rings. The number of sulfonamides is 1. The van der Waals surface area contributed by atoms with Crippen LogP contribution >= 0.6 is 11.8 Å². The Morgan fingerprint density at radius 3 is 2.57 bits per heavy atom. The molecule has 0 spiro atoms. The number of piperazine rings is 1. The molecule has 1 aliphatic rings. The molecule has 0 aliphatic carbocycles. The van der Waals surface area contributed by atoms with E-state index in [4.69, 9.17) is 15.9 Å². The van der Waals surface area contributed by atoms with Crippen LogP contribution in [0.4, 0.5) is 11.6 Å². The van der Waals surface area contributed by atoms with Gasteiger partial charge in [0.05, 0.1) is 22.0 Å². The Morgan fingerprint density at radius 1 is 1.11 bits per heavy atom. The molecule has 0 atom stereocenters. The van der Waals surface area contributed by atoms with Crippen LogP contribution in [-0.4, -0.2) is 69.0 Å². The van der Waals surface area contributed by atoms with Crippen molar-refractivity contribution >= 4 is 39.3 Å². The van der Waals surface area contributed by atoms with Gasteiger partial charge in [-0.15, -0.1) is 0 Å². The van der Waals surface area contributed by atoms with E-state index < -0.39 is 10.0 Å². The molecule has 1 amide bonds. The fraction of sp³-hybridized carbons (Fsp3) is 0.261. The standard InChI is InChI=1S/C23H27N7O3S2/c1-29-8-10-30(11-9-29)23-26-15-20(34-18-6-3-5-17(13-18)27-21(31)14-24)22(28-23)16-4-2-7-19(12-16)35(25,32)33/h2-7,12-13,15H,8-11,14,24H2,1H3,(H,27,31)(H2,25,32,33). The molecule has 2 aromatic carbocycles. The summed E-state index contributed by atoms with van der Waals surface area (Å²) in [6, 6.07) is 13.8. The molecule has 10 nitrogen and oxygen atoms in total. The largest absolute Gasteiger partial charge is 0.338 e. The van der Waals surface area contributed by atoms with E-state index in [9.17, 15) is 13.2 Å². The third kappa shape index (κ3) is 6.35. The number of nitrogens with zero attached hydrogens (tertiary/aromatic N) is 4. The zero-order valence-electron chi connectivity index (χ0n) is 19.2. The summed E-state index contributed by atoms with van der Waals surface area (Å²) in [5.41, 5.74) is 7.24. The van der Waals surface area contributed by atoms with Crippen LogP contribution in [0, 0.1) is 0 Å². The maximum Gasteiger partial charge on any atom is 0.238 e. The highest BCUT2D eigenvalue weighted by molar-refractivity contribution is 7.99. The molecule has 0 unspecified atom stereocenters. The third-order valence-electron chi connectivity index (χ3n) is 5.50. The molecule has 184 valence electrons. The molecular formula is C23H27N7O3S2. The first-order valence-electron chi connectivity index (χ1n) is 10.9. The number of hydrogen-bond donors (Lipinski definition) is 3. The van der Waals surface area contributed by atoms with Crippen LogP contribution in [0.3, 0.4) is 0 Å². The fourth-order valence-corrected chi connectivity index (χ4v) is 5.11. The molecule has 5 N–H and O–H groups in total. The summed E-state index contributed by atoms with van der Waals surface area (Å²) in [5, 5.41) is 8.12. The van der Waals surface area contributed by atoms with Gasteiger partial charge in [0.2, 0.25) is 21.9 Å². The van der Waals surface area contributed by atoms with Crippen LogP contribution in [-0.2, 0) is 14.8 Å². The van der Waals surface area contributed by atoms with Crippen LogP contribution in [0.2, 0.25) is 0 Å². The highest BCUT2D eigenvalue weighted by Crippen LogP contribution is 2.37. The highest BCUT2D eigenvalue weighted by Gasteiger charge is 2.20. The van der Waals surface area contributed by atoms with Crippen LogP contribution in [0.25, 0.3) is 11.3 Å². The van der Waals surface area contributed by atoms with Crippen LogP contribution in [0.1, 0.15) is 0 Å². The SMILES string of the molecule is CN1CCN(c2ncc(Sc3cccc(NC(=O)CN)c3)c(-c3cccc(S(N)(=O)=O)c3)n2)CC1. The summed E-state index contributed by atoms with van der Waals surface area (Å²) < 4.78 is 23.9. The molecule has 0 saturated carbocycles. The van der Waals surface area contributed by atoms with Gasteiger partial charge in [-0.05, 0) is 37.4 Å². The van der Waals surface area contributed by atoms with E-state index >= 15 is 0 Å². The van der Waals surface area contributed by atoms with Gasteiger partial charge in [-0.3, -0.25) is 4.79 Å². The van der Waals surface area contributed by atoms with Gasteiger partial charge in [0.15, 0.2) is 0 Å². The summed E-state index contributed by atoms with van der Waals surface area (Å²) in [6.45, 7) is 3.28. The maximum absolute atomic E-state index is 12.0. The molecule has 1 aliphatic heterocycles.